The maximum absolute atomic E-state index is 11.8. The van der Waals surface area contributed by atoms with E-state index in [2.05, 4.69) is 73.0 Å². The Morgan fingerprint density at radius 3 is 2.46 bits per heavy atom. The van der Waals surface area contributed by atoms with E-state index in [1.807, 2.05) is 35.2 Å². The van der Waals surface area contributed by atoms with Crippen LogP contribution in [0.1, 0.15) is 58.2 Å². The number of aryl methyl sites for hydroxylation is 1. The Kier molecular flexibility index (Phi) is 9.98. The monoisotopic (exact) mass is 696 g/mol. The lowest BCUT2D eigenvalue weighted by molar-refractivity contribution is -0.142. The van der Waals surface area contributed by atoms with Crippen molar-refractivity contribution in [1.29, 1.82) is 0 Å². The van der Waals surface area contributed by atoms with Gasteiger partial charge in [0.15, 0.2) is 5.58 Å². The summed E-state index contributed by atoms with van der Waals surface area (Å²) < 4.78 is 12.1. The van der Waals surface area contributed by atoms with Gasteiger partial charge in [0.25, 0.3) is 0 Å². The SMILES string of the molecule is [C-]#[N+]c1cc(CN2CC[C@@H](O)C2)cc2nc(-c3cccc(-c4cccc(/C=C/c5cc(OC)c(CN6CCC[C@H]6C(=O)O)cc5C)c4C)c3C)oc12. The molecule has 266 valence electrons. The first kappa shape index (κ1) is 35.1. The van der Waals surface area contributed by atoms with Gasteiger partial charge in [0.2, 0.25) is 11.6 Å². The molecule has 0 amide bonds. The van der Waals surface area contributed by atoms with Crippen LogP contribution in [0, 0.1) is 27.3 Å². The number of carboxylic acid groups (broad SMARTS) is 1. The molecule has 2 aliphatic heterocycles. The van der Waals surface area contributed by atoms with Crippen LogP contribution in [0.2, 0.25) is 0 Å². The summed E-state index contributed by atoms with van der Waals surface area (Å²) in [6.07, 6.45) is 6.27. The number of β-amino-alcohol motifs (C(OH)–C–C–N with tert-alkyl or cyclic N) is 1. The number of carbonyl (C=O) groups is 1. The second-order valence-electron chi connectivity index (χ2n) is 14.1. The molecule has 9 heteroatoms. The van der Waals surface area contributed by atoms with Crippen molar-refractivity contribution >= 4 is 34.9 Å². The number of aromatic nitrogens is 1. The van der Waals surface area contributed by atoms with Crippen LogP contribution in [0.5, 0.6) is 5.75 Å². The summed E-state index contributed by atoms with van der Waals surface area (Å²) in [4.78, 5) is 24.6. The van der Waals surface area contributed by atoms with Gasteiger partial charge >= 0.3 is 5.97 Å². The number of hydrogen-bond acceptors (Lipinski definition) is 7. The van der Waals surface area contributed by atoms with Gasteiger partial charge in [-0.1, -0.05) is 48.6 Å². The summed E-state index contributed by atoms with van der Waals surface area (Å²) >= 11 is 0. The highest BCUT2D eigenvalue weighted by molar-refractivity contribution is 5.90. The van der Waals surface area contributed by atoms with E-state index in [1.54, 1.807) is 7.11 Å². The van der Waals surface area contributed by atoms with E-state index < -0.39 is 12.0 Å². The van der Waals surface area contributed by atoms with Crippen molar-refractivity contribution in [2.75, 3.05) is 26.7 Å². The molecule has 2 N–H and O–H groups in total. The summed E-state index contributed by atoms with van der Waals surface area (Å²) in [6, 6.07) is 20.0. The fraction of sp³-hybridized carbons (Fsp3) is 0.326. The van der Waals surface area contributed by atoms with E-state index in [0.29, 0.717) is 48.7 Å². The van der Waals surface area contributed by atoms with E-state index in [9.17, 15) is 15.0 Å². The number of carboxylic acids is 1. The second-order valence-corrected chi connectivity index (χ2v) is 14.1. The molecule has 0 spiro atoms. The number of aliphatic carboxylic acids is 1. The molecule has 9 nitrogen and oxygen atoms in total. The predicted octanol–water partition coefficient (Wildman–Crippen LogP) is 8.43. The molecule has 0 aliphatic carbocycles. The highest BCUT2D eigenvalue weighted by Gasteiger charge is 2.31. The van der Waals surface area contributed by atoms with Crippen LogP contribution in [0.15, 0.2) is 65.1 Å². The largest absolute Gasteiger partial charge is 0.496 e. The minimum Gasteiger partial charge on any atom is -0.496 e. The number of hydrogen-bond donors (Lipinski definition) is 2. The standard InChI is InChI=1S/C43H44N4O5/c1-26-19-32(24-47-17-8-13-39(47)43(49)50)40(51-5)22-31(26)15-14-30-9-6-10-34(27(30)2)35-11-7-12-36(28(35)3)42-45-38-21-29(20-37(44-4)41(38)52-42)23-46-18-16-33(48)25-46/h6-7,9-12,14-15,19-22,33,39,48H,8,13,16-18,23-25H2,1-3,5H3,(H,49,50)/b15-14+/t33-,39+/m1/s1. The molecule has 2 aliphatic rings. The van der Waals surface area contributed by atoms with Crippen LogP contribution in [0.25, 0.3) is 50.7 Å². The first-order chi connectivity index (χ1) is 25.1. The van der Waals surface area contributed by atoms with Gasteiger partial charge in [0.05, 0.1) is 25.3 Å². The van der Waals surface area contributed by atoms with Crippen molar-refractivity contribution in [1.82, 2.24) is 14.8 Å². The van der Waals surface area contributed by atoms with Gasteiger partial charge in [0, 0.05) is 37.3 Å². The Hall–Kier alpha value is -5.27. The number of nitrogens with zero attached hydrogens (tertiary/aromatic N) is 4. The second kappa shape index (κ2) is 14.8. The van der Waals surface area contributed by atoms with E-state index in [0.717, 1.165) is 87.3 Å². The Bertz CT molecular complexity index is 2230. The maximum atomic E-state index is 11.8. The number of oxazole rings is 1. The summed E-state index contributed by atoms with van der Waals surface area (Å²) in [6.45, 7) is 17.6. The number of aliphatic hydroxyl groups excluding tert-OH is 1. The van der Waals surface area contributed by atoms with Crippen LogP contribution in [-0.2, 0) is 17.9 Å². The Morgan fingerprint density at radius 1 is 0.981 bits per heavy atom. The molecule has 4 aromatic carbocycles. The van der Waals surface area contributed by atoms with Gasteiger partial charge in [-0.05, 0) is 115 Å². The molecule has 2 saturated heterocycles. The van der Waals surface area contributed by atoms with Gasteiger partial charge in [-0.15, -0.1) is 0 Å². The third kappa shape index (κ3) is 6.98. The summed E-state index contributed by atoms with van der Waals surface area (Å²) in [5, 5.41) is 19.6. The number of aliphatic hydroxyl groups is 1. The lowest BCUT2D eigenvalue weighted by Crippen LogP contribution is -2.35. The number of ether oxygens (including phenoxy) is 1. The molecule has 0 bridgehead atoms. The van der Waals surface area contributed by atoms with Gasteiger partial charge < -0.3 is 19.4 Å². The molecule has 7 rings (SSSR count). The van der Waals surface area contributed by atoms with E-state index in [4.69, 9.17) is 20.7 Å². The highest BCUT2D eigenvalue weighted by atomic mass is 16.5. The van der Waals surface area contributed by atoms with Crippen LogP contribution < -0.4 is 4.74 Å². The zero-order chi connectivity index (χ0) is 36.5. The molecular weight excluding hydrogens is 652 g/mol. The van der Waals surface area contributed by atoms with Crippen LogP contribution >= 0.6 is 0 Å². The summed E-state index contributed by atoms with van der Waals surface area (Å²) in [5.41, 5.74) is 12.0. The molecular formula is C43H44N4O5. The van der Waals surface area contributed by atoms with E-state index in [-0.39, 0.29) is 6.10 Å². The Morgan fingerprint density at radius 2 is 1.73 bits per heavy atom. The van der Waals surface area contributed by atoms with Crippen LogP contribution in [0.3, 0.4) is 0 Å². The highest BCUT2D eigenvalue weighted by Crippen LogP contribution is 2.38. The maximum Gasteiger partial charge on any atom is 0.320 e. The Balaban J connectivity index is 1.16. The molecule has 0 saturated carbocycles. The fourth-order valence-corrected chi connectivity index (χ4v) is 7.81. The molecule has 52 heavy (non-hydrogen) atoms. The van der Waals surface area contributed by atoms with Crippen molar-refractivity contribution in [3.63, 3.8) is 0 Å². The topological polar surface area (TPSA) is 104 Å². The molecule has 2 fully saturated rings. The molecule has 2 atom stereocenters. The van der Waals surface area contributed by atoms with Crippen molar-refractivity contribution < 1.29 is 24.2 Å². The average molecular weight is 697 g/mol. The van der Waals surface area contributed by atoms with Crippen molar-refractivity contribution in [2.45, 2.75) is 65.3 Å². The molecule has 5 aromatic rings. The van der Waals surface area contributed by atoms with Crippen LogP contribution in [0.4, 0.5) is 5.69 Å². The lowest BCUT2D eigenvalue weighted by atomic mass is 9.91. The predicted molar refractivity (Wildman–Crippen MR) is 204 cm³/mol. The first-order valence-electron chi connectivity index (χ1n) is 17.9. The minimum absolute atomic E-state index is 0.299. The zero-order valence-corrected chi connectivity index (χ0v) is 30.1. The number of rotatable bonds is 10. The fourth-order valence-electron chi connectivity index (χ4n) is 7.81. The molecule has 1 aromatic heterocycles. The summed E-state index contributed by atoms with van der Waals surface area (Å²) in [7, 11) is 1.66. The number of methoxy groups -OCH3 is 1. The first-order valence-corrected chi connectivity index (χ1v) is 17.9. The van der Waals surface area contributed by atoms with E-state index >= 15 is 0 Å². The lowest BCUT2D eigenvalue weighted by Gasteiger charge is -2.23. The molecule has 0 unspecified atom stereocenters. The van der Waals surface area contributed by atoms with Gasteiger partial charge in [-0.25, -0.2) is 9.83 Å². The van der Waals surface area contributed by atoms with Crippen molar-refractivity contribution in [2.24, 2.45) is 0 Å². The van der Waals surface area contributed by atoms with Crippen molar-refractivity contribution in [3.8, 4) is 28.3 Å². The normalized spacial score (nSPS) is 18.1. The quantitative estimate of drug-likeness (QED) is 0.111. The molecule has 3 heterocycles. The third-order valence-electron chi connectivity index (χ3n) is 10.7. The number of fused-ring (bicyclic) bond motifs is 1. The summed E-state index contributed by atoms with van der Waals surface area (Å²) in [5.74, 6) is 0.473. The van der Waals surface area contributed by atoms with Crippen molar-refractivity contribution in [3.05, 3.63) is 111 Å². The van der Waals surface area contributed by atoms with Gasteiger partial charge in [0.1, 0.15) is 11.8 Å². The van der Waals surface area contributed by atoms with Crippen LogP contribution in [-0.4, -0.2) is 69.9 Å². The van der Waals surface area contributed by atoms with E-state index in [1.165, 1.54) is 0 Å². The molecule has 0 radical (unpaired) electrons. The van der Waals surface area contributed by atoms with Gasteiger partial charge in [-0.3, -0.25) is 14.6 Å². The minimum atomic E-state index is -0.765. The number of benzene rings is 4. The van der Waals surface area contributed by atoms with Gasteiger partial charge in [-0.2, -0.15) is 0 Å². The average Bonchev–Trinajstić information content (AvgIpc) is 3.88. The number of likely N-dealkylation sites (tertiary alicyclic amines) is 2. The Labute approximate surface area is 304 Å². The zero-order valence-electron chi connectivity index (χ0n) is 30.1. The smallest absolute Gasteiger partial charge is 0.320 e. The third-order valence-corrected chi connectivity index (χ3v) is 10.7.